The van der Waals surface area contributed by atoms with E-state index in [4.69, 9.17) is 14.2 Å². The van der Waals surface area contributed by atoms with E-state index < -0.39 is 0 Å². The number of hydrogen-bond donors (Lipinski definition) is 3. The second-order valence-corrected chi connectivity index (χ2v) is 10.7. The van der Waals surface area contributed by atoms with Crippen LogP contribution in [0, 0.1) is 0 Å². The molecule has 0 aliphatic carbocycles. The Morgan fingerprint density at radius 1 is 1.02 bits per heavy atom. The largest absolute Gasteiger partial charge is 0.490 e. The first-order valence-electron chi connectivity index (χ1n) is 14.7. The summed E-state index contributed by atoms with van der Waals surface area (Å²) < 4.78 is 17.4. The number of aliphatic hydroxyl groups is 1. The van der Waals surface area contributed by atoms with Crippen molar-refractivity contribution in [1.29, 1.82) is 0 Å². The highest BCUT2D eigenvalue weighted by Crippen LogP contribution is 2.41. The second kappa shape index (κ2) is 14.3. The molecule has 3 amide bonds. The van der Waals surface area contributed by atoms with Gasteiger partial charge in [0.15, 0.2) is 11.5 Å². The number of urea groups is 1. The molecule has 1 aromatic heterocycles. The van der Waals surface area contributed by atoms with E-state index in [1.807, 2.05) is 36.4 Å². The molecule has 43 heavy (non-hydrogen) atoms. The van der Waals surface area contributed by atoms with Gasteiger partial charge in [-0.3, -0.25) is 14.6 Å². The molecule has 2 aliphatic rings. The van der Waals surface area contributed by atoms with Gasteiger partial charge >= 0.3 is 6.03 Å². The lowest BCUT2D eigenvalue weighted by atomic mass is 10.1. The molecule has 0 saturated carbocycles. The van der Waals surface area contributed by atoms with Crippen LogP contribution in [-0.2, 0) is 17.7 Å². The monoisotopic (exact) mass is 589 g/mol. The molecule has 11 heteroatoms. The first-order chi connectivity index (χ1) is 20.9. The zero-order chi connectivity index (χ0) is 30.2. The van der Waals surface area contributed by atoms with Gasteiger partial charge in [0.1, 0.15) is 11.6 Å². The van der Waals surface area contributed by atoms with Gasteiger partial charge in [-0.25, -0.2) is 9.78 Å². The Hall–Kier alpha value is -4.19. The minimum absolute atomic E-state index is 0.176. The fraction of sp³-hybridized carbons (Fsp3) is 0.406. The maximum Gasteiger partial charge on any atom is 0.321 e. The molecule has 1 saturated heterocycles. The molecule has 0 bridgehead atoms. The fourth-order valence-corrected chi connectivity index (χ4v) is 5.28. The lowest BCUT2D eigenvalue weighted by molar-refractivity contribution is 0.0792. The van der Waals surface area contributed by atoms with E-state index in [-0.39, 0.29) is 18.0 Å². The van der Waals surface area contributed by atoms with Crippen LogP contribution in [0.2, 0.25) is 0 Å². The molecule has 0 radical (unpaired) electrons. The molecule has 2 aliphatic heterocycles. The van der Waals surface area contributed by atoms with E-state index in [9.17, 15) is 14.7 Å². The quantitative estimate of drug-likeness (QED) is 0.284. The van der Waals surface area contributed by atoms with E-state index in [1.54, 1.807) is 37.4 Å². The first-order valence-corrected chi connectivity index (χ1v) is 14.7. The Balaban J connectivity index is 1.26. The number of pyridine rings is 1. The Labute approximate surface area is 251 Å². The molecule has 3 aromatic rings. The van der Waals surface area contributed by atoms with Gasteiger partial charge < -0.3 is 30.0 Å². The number of benzene rings is 2. The number of rotatable bonds is 11. The van der Waals surface area contributed by atoms with Crippen LogP contribution in [0.1, 0.15) is 40.7 Å². The van der Waals surface area contributed by atoms with Gasteiger partial charge in [-0.15, -0.1) is 0 Å². The van der Waals surface area contributed by atoms with E-state index in [2.05, 4.69) is 20.5 Å². The van der Waals surface area contributed by atoms with Crippen molar-refractivity contribution in [2.75, 3.05) is 57.2 Å². The van der Waals surface area contributed by atoms with Gasteiger partial charge in [0.25, 0.3) is 5.91 Å². The zero-order valence-corrected chi connectivity index (χ0v) is 24.7. The predicted molar refractivity (Wildman–Crippen MR) is 163 cm³/mol. The minimum atomic E-state index is -0.272. The standard InChI is InChI=1S/C32H39N5O6/c1-33-32(40)37-15-9-24-18-29(28(20-27(24)37)42-17-3-16-41-2)43-26-8-12-34-30(19-26)35-31(39)23-6-4-22(5-7-23)21-36-13-10-25(38)11-14-36/h4-8,12,18-20,25,38H,3,9-11,13-17,21H2,1-2H3,(H,33,40)(H,34,35,39). The summed E-state index contributed by atoms with van der Waals surface area (Å²) in [5.74, 6) is 1.58. The number of hydrogen-bond acceptors (Lipinski definition) is 8. The third-order valence-electron chi connectivity index (χ3n) is 7.63. The fourth-order valence-electron chi connectivity index (χ4n) is 5.28. The van der Waals surface area contributed by atoms with Crippen molar-refractivity contribution in [2.45, 2.75) is 38.3 Å². The molecule has 0 unspecified atom stereocenters. The van der Waals surface area contributed by atoms with Crippen LogP contribution >= 0.6 is 0 Å². The highest BCUT2D eigenvalue weighted by Gasteiger charge is 2.27. The highest BCUT2D eigenvalue weighted by atomic mass is 16.5. The number of methoxy groups -OCH3 is 1. The molecule has 3 heterocycles. The third-order valence-corrected chi connectivity index (χ3v) is 7.63. The molecular formula is C32H39N5O6. The Kier molecular flexibility index (Phi) is 10.1. The number of piperidine rings is 1. The molecule has 0 spiro atoms. The van der Waals surface area contributed by atoms with Crippen molar-refractivity contribution in [3.8, 4) is 17.2 Å². The number of aliphatic hydroxyl groups excluding tert-OH is 1. The van der Waals surface area contributed by atoms with Crippen molar-refractivity contribution in [2.24, 2.45) is 0 Å². The number of aromatic nitrogens is 1. The summed E-state index contributed by atoms with van der Waals surface area (Å²) in [5, 5.41) is 15.3. The van der Waals surface area contributed by atoms with Crippen LogP contribution in [0.15, 0.2) is 54.7 Å². The average Bonchev–Trinajstić information content (AvgIpc) is 3.43. The van der Waals surface area contributed by atoms with Gasteiger partial charge in [-0.1, -0.05) is 12.1 Å². The normalized spacial score (nSPS) is 15.2. The predicted octanol–water partition coefficient (Wildman–Crippen LogP) is 4.20. The van der Waals surface area contributed by atoms with Crippen molar-refractivity contribution in [1.82, 2.24) is 15.2 Å². The molecule has 5 rings (SSSR count). The number of carbonyl (C=O) groups excluding carboxylic acids is 2. The number of anilines is 2. The number of nitrogens with one attached hydrogen (secondary N) is 2. The maximum absolute atomic E-state index is 13.0. The first kappa shape index (κ1) is 30.3. The minimum Gasteiger partial charge on any atom is -0.490 e. The van der Waals surface area contributed by atoms with Crippen LogP contribution in [0.5, 0.6) is 17.2 Å². The van der Waals surface area contributed by atoms with Crippen molar-refractivity contribution >= 4 is 23.4 Å². The Morgan fingerprint density at radius 3 is 2.56 bits per heavy atom. The zero-order valence-electron chi connectivity index (χ0n) is 24.7. The van der Waals surface area contributed by atoms with Crippen molar-refractivity contribution < 1.29 is 28.9 Å². The van der Waals surface area contributed by atoms with Crippen LogP contribution in [-0.4, -0.2) is 80.0 Å². The number of nitrogens with zero attached hydrogens (tertiary/aromatic N) is 3. The summed E-state index contributed by atoms with van der Waals surface area (Å²) in [5.41, 5.74) is 3.41. The number of amides is 3. The van der Waals surface area contributed by atoms with E-state index in [0.717, 1.165) is 49.3 Å². The van der Waals surface area contributed by atoms with Gasteiger partial charge in [-0.2, -0.15) is 0 Å². The topological polar surface area (TPSA) is 125 Å². The number of likely N-dealkylation sites (tertiary alicyclic amines) is 1. The van der Waals surface area contributed by atoms with E-state index in [0.29, 0.717) is 61.2 Å². The highest BCUT2D eigenvalue weighted by molar-refractivity contribution is 6.03. The summed E-state index contributed by atoms with van der Waals surface area (Å²) in [6.07, 6.45) is 4.35. The lowest BCUT2D eigenvalue weighted by Crippen LogP contribution is -2.36. The summed E-state index contributed by atoms with van der Waals surface area (Å²) >= 11 is 0. The maximum atomic E-state index is 13.0. The molecular weight excluding hydrogens is 550 g/mol. The van der Waals surface area contributed by atoms with Gasteiger partial charge in [0.2, 0.25) is 0 Å². The molecule has 0 atom stereocenters. The number of fused-ring (bicyclic) bond motifs is 1. The molecule has 228 valence electrons. The van der Waals surface area contributed by atoms with Crippen LogP contribution in [0.4, 0.5) is 16.3 Å². The number of ether oxygens (including phenoxy) is 3. The van der Waals surface area contributed by atoms with Crippen LogP contribution < -0.4 is 25.0 Å². The smallest absolute Gasteiger partial charge is 0.321 e. The summed E-state index contributed by atoms with van der Waals surface area (Å²) in [4.78, 5) is 33.7. The Morgan fingerprint density at radius 2 is 1.81 bits per heavy atom. The van der Waals surface area contributed by atoms with E-state index >= 15 is 0 Å². The Bertz CT molecular complexity index is 1410. The van der Waals surface area contributed by atoms with Gasteiger partial charge in [-0.05, 0) is 54.7 Å². The molecule has 3 N–H and O–H groups in total. The van der Waals surface area contributed by atoms with Crippen molar-refractivity contribution in [3.63, 3.8) is 0 Å². The van der Waals surface area contributed by atoms with Gasteiger partial charge in [0, 0.05) is 77.3 Å². The summed E-state index contributed by atoms with van der Waals surface area (Å²) in [6.45, 7) is 4.08. The summed E-state index contributed by atoms with van der Waals surface area (Å²) in [7, 11) is 3.25. The lowest BCUT2D eigenvalue weighted by Gasteiger charge is -2.29. The van der Waals surface area contributed by atoms with Crippen LogP contribution in [0.3, 0.4) is 0 Å². The van der Waals surface area contributed by atoms with Crippen molar-refractivity contribution in [3.05, 3.63) is 71.4 Å². The van der Waals surface area contributed by atoms with Crippen LogP contribution in [0.25, 0.3) is 0 Å². The molecule has 1 fully saturated rings. The second-order valence-electron chi connectivity index (χ2n) is 10.7. The summed E-state index contributed by atoms with van der Waals surface area (Å²) in [6, 6.07) is 14.5. The number of carbonyl (C=O) groups is 2. The molecule has 2 aromatic carbocycles. The van der Waals surface area contributed by atoms with Gasteiger partial charge in [0.05, 0.1) is 18.4 Å². The molecule has 11 nitrogen and oxygen atoms in total. The SMILES string of the molecule is CNC(=O)N1CCc2cc(Oc3ccnc(NC(=O)c4ccc(CN5CCC(O)CC5)cc4)c3)c(OCCCOC)cc21. The average molecular weight is 590 g/mol. The van der Waals surface area contributed by atoms with E-state index in [1.165, 1.54) is 0 Å². The third kappa shape index (κ3) is 7.81.